The van der Waals surface area contributed by atoms with E-state index in [4.69, 9.17) is 5.73 Å². The molecular weight excluding hydrogens is 184 g/mol. The molecule has 1 rings (SSSR count). The van der Waals surface area contributed by atoms with E-state index in [2.05, 4.69) is 5.32 Å². The Morgan fingerprint density at radius 2 is 2.54 bits per heavy atom. The molecule has 4 heteroatoms. The minimum Gasteiger partial charge on any atom is -0.352 e. The monoisotopic (exact) mass is 202 g/mol. The second kappa shape index (κ2) is 5.50. The summed E-state index contributed by atoms with van der Waals surface area (Å²) >= 11 is 1.91. The predicted molar refractivity (Wildman–Crippen MR) is 56.7 cm³/mol. The summed E-state index contributed by atoms with van der Waals surface area (Å²) in [6.07, 6.45) is 1.94. The minimum atomic E-state index is 0.00519. The van der Waals surface area contributed by atoms with Crippen molar-refractivity contribution in [3.05, 3.63) is 0 Å². The molecule has 0 radical (unpaired) electrons. The van der Waals surface area contributed by atoms with Gasteiger partial charge in [0.1, 0.15) is 0 Å². The van der Waals surface area contributed by atoms with Gasteiger partial charge in [-0.2, -0.15) is 11.8 Å². The van der Waals surface area contributed by atoms with E-state index >= 15 is 0 Å². The lowest BCUT2D eigenvalue weighted by Crippen LogP contribution is -2.41. The van der Waals surface area contributed by atoms with Crippen molar-refractivity contribution in [1.29, 1.82) is 0 Å². The highest BCUT2D eigenvalue weighted by molar-refractivity contribution is 7.99. The average Bonchev–Trinajstić information content (AvgIpc) is 2.59. The third-order valence-electron chi connectivity index (χ3n) is 2.42. The molecule has 1 aliphatic heterocycles. The van der Waals surface area contributed by atoms with E-state index < -0.39 is 0 Å². The molecule has 76 valence electrons. The minimum absolute atomic E-state index is 0.00519. The molecular formula is C9H18N2OS. The van der Waals surface area contributed by atoms with E-state index in [-0.39, 0.29) is 11.8 Å². The lowest BCUT2D eigenvalue weighted by molar-refractivity contribution is -0.125. The number of thioether (sulfide) groups is 1. The maximum absolute atomic E-state index is 11.6. The summed E-state index contributed by atoms with van der Waals surface area (Å²) in [5.74, 6) is 2.38. The maximum atomic E-state index is 11.6. The molecule has 0 bridgehead atoms. The summed E-state index contributed by atoms with van der Waals surface area (Å²) in [6, 6.07) is 0.387. The predicted octanol–water partition coefficient (Wildman–Crippen LogP) is 0.593. The van der Waals surface area contributed by atoms with Crippen molar-refractivity contribution >= 4 is 17.7 Å². The molecule has 13 heavy (non-hydrogen) atoms. The Bertz CT molecular complexity index is 165. The lowest BCUT2D eigenvalue weighted by atomic mass is 10.1. The number of carbonyl (C=O) groups excluding carboxylic acids is 1. The van der Waals surface area contributed by atoms with Crippen LogP contribution in [0.25, 0.3) is 0 Å². The molecule has 0 spiro atoms. The standard InChI is InChI=1S/C9H18N2OS/c1-2-7(5-10)9(12)11-8-3-4-13-6-8/h7-8H,2-6,10H2,1H3,(H,11,12). The number of amides is 1. The Balaban J connectivity index is 2.29. The summed E-state index contributed by atoms with van der Waals surface area (Å²) in [5, 5.41) is 3.04. The van der Waals surface area contributed by atoms with Gasteiger partial charge in [-0.15, -0.1) is 0 Å². The van der Waals surface area contributed by atoms with Crippen molar-refractivity contribution in [3.8, 4) is 0 Å². The van der Waals surface area contributed by atoms with Crippen LogP contribution in [0.2, 0.25) is 0 Å². The summed E-state index contributed by atoms with van der Waals surface area (Å²) < 4.78 is 0. The number of rotatable bonds is 4. The molecule has 2 atom stereocenters. The molecule has 3 nitrogen and oxygen atoms in total. The van der Waals surface area contributed by atoms with Gasteiger partial charge in [-0.25, -0.2) is 0 Å². The van der Waals surface area contributed by atoms with Crippen molar-refractivity contribution in [1.82, 2.24) is 5.32 Å². The van der Waals surface area contributed by atoms with Gasteiger partial charge in [-0.3, -0.25) is 4.79 Å². The zero-order valence-electron chi connectivity index (χ0n) is 8.08. The molecule has 1 heterocycles. The molecule has 1 amide bonds. The first-order chi connectivity index (χ1) is 6.27. The number of hydrogen-bond acceptors (Lipinski definition) is 3. The number of nitrogens with one attached hydrogen (secondary N) is 1. The van der Waals surface area contributed by atoms with Crippen LogP contribution in [0.3, 0.4) is 0 Å². The van der Waals surface area contributed by atoms with Gasteiger partial charge in [-0.05, 0) is 18.6 Å². The molecule has 0 aliphatic carbocycles. The van der Waals surface area contributed by atoms with Gasteiger partial charge in [0.2, 0.25) is 5.91 Å². The zero-order chi connectivity index (χ0) is 9.68. The fourth-order valence-electron chi connectivity index (χ4n) is 1.43. The normalized spacial score (nSPS) is 24.3. The van der Waals surface area contributed by atoms with Crippen LogP contribution in [-0.2, 0) is 4.79 Å². The summed E-state index contributed by atoms with van der Waals surface area (Å²) in [7, 11) is 0. The Hall–Kier alpha value is -0.220. The topological polar surface area (TPSA) is 55.1 Å². The van der Waals surface area contributed by atoms with Gasteiger partial charge in [-0.1, -0.05) is 6.92 Å². The molecule has 0 saturated carbocycles. The second-order valence-corrected chi connectivity index (χ2v) is 4.56. The number of hydrogen-bond donors (Lipinski definition) is 2. The van der Waals surface area contributed by atoms with Crippen molar-refractivity contribution < 1.29 is 4.79 Å². The quantitative estimate of drug-likeness (QED) is 0.701. The lowest BCUT2D eigenvalue weighted by Gasteiger charge is -2.16. The molecule has 0 aromatic carbocycles. The van der Waals surface area contributed by atoms with Crippen LogP contribution in [-0.4, -0.2) is 30.0 Å². The summed E-state index contributed by atoms with van der Waals surface area (Å²) in [4.78, 5) is 11.6. The van der Waals surface area contributed by atoms with E-state index in [9.17, 15) is 4.79 Å². The number of carbonyl (C=O) groups is 1. The van der Waals surface area contributed by atoms with E-state index in [0.29, 0.717) is 12.6 Å². The highest BCUT2D eigenvalue weighted by atomic mass is 32.2. The fourth-order valence-corrected chi connectivity index (χ4v) is 2.58. The average molecular weight is 202 g/mol. The van der Waals surface area contributed by atoms with E-state index in [1.54, 1.807) is 0 Å². The van der Waals surface area contributed by atoms with E-state index in [0.717, 1.165) is 18.6 Å². The van der Waals surface area contributed by atoms with Crippen molar-refractivity contribution in [2.75, 3.05) is 18.1 Å². The van der Waals surface area contributed by atoms with Gasteiger partial charge >= 0.3 is 0 Å². The molecule has 0 aromatic rings. The van der Waals surface area contributed by atoms with Gasteiger partial charge in [0.15, 0.2) is 0 Å². The first-order valence-electron chi connectivity index (χ1n) is 4.86. The van der Waals surface area contributed by atoms with Crippen LogP contribution in [0.1, 0.15) is 19.8 Å². The second-order valence-electron chi connectivity index (χ2n) is 3.41. The van der Waals surface area contributed by atoms with Gasteiger partial charge in [0, 0.05) is 24.3 Å². The van der Waals surface area contributed by atoms with Crippen LogP contribution in [0, 0.1) is 5.92 Å². The van der Waals surface area contributed by atoms with E-state index in [1.807, 2.05) is 18.7 Å². The fraction of sp³-hybridized carbons (Fsp3) is 0.889. The molecule has 1 saturated heterocycles. The maximum Gasteiger partial charge on any atom is 0.224 e. The van der Waals surface area contributed by atoms with E-state index in [1.165, 1.54) is 5.75 Å². The highest BCUT2D eigenvalue weighted by Gasteiger charge is 2.21. The summed E-state index contributed by atoms with van der Waals surface area (Å²) in [6.45, 7) is 2.46. The smallest absolute Gasteiger partial charge is 0.224 e. The largest absolute Gasteiger partial charge is 0.352 e. The van der Waals surface area contributed by atoms with Crippen LogP contribution >= 0.6 is 11.8 Å². The van der Waals surface area contributed by atoms with Crippen LogP contribution in [0.5, 0.6) is 0 Å². The molecule has 3 N–H and O–H groups in total. The van der Waals surface area contributed by atoms with Crippen LogP contribution in [0.4, 0.5) is 0 Å². The molecule has 1 fully saturated rings. The first kappa shape index (κ1) is 10.9. The SMILES string of the molecule is CCC(CN)C(=O)NC1CCSC1. The number of nitrogens with two attached hydrogens (primary N) is 1. The van der Waals surface area contributed by atoms with Crippen molar-refractivity contribution in [3.63, 3.8) is 0 Å². The van der Waals surface area contributed by atoms with Crippen LogP contribution < -0.4 is 11.1 Å². The van der Waals surface area contributed by atoms with Crippen molar-refractivity contribution in [2.24, 2.45) is 11.7 Å². The van der Waals surface area contributed by atoms with Gasteiger partial charge in [0.05, 0.1) is 0 Å². The van der Waals surface area contributed by atoms with Gasteiger partial charge < -0.3 is 11.1 Å². The summed E-state index contributed by atoms with van der Waals surface area (Å²) in [5.41, 5.74) is 5.49. The molecule has 0 aromatic heterocycles. The zero-order valence-corrected chi connectivity index (χ0v) is 8.90. The third-order valence-corrected chi connectivity index (χ3v) is 3.59. The molecule has 2 unspecified atom stereocenters. The Morgan fingerprint density at radius 1 is 1.77 bits per heavy atom. The Morgan fingerprint density at radius 3 is 3.00 bits per heavy atom. The molecule has 1 aliphatic rings. The first-order valence-corrected chi connectivity index (χ1v) is 6.01. The Kier molecular flexibility index (Phi) is 4.59. The third kappa shape index (κ3) is 3.19. The van der Waals surface area contributed by atoms with Gasteiger partial charge in [0.25, 0.3) is 0 Å². The highest BCUT2D eigenvalue weighted by Crippen LogP contribution is 2.17. The van der Waals surface area contributed by atoms with Crippen LogP contribution in [0.15, 0.2) is 0 Å². The Labute approximate surface area is 83.8 Å². The van der Waals surface area contributed by atoms with Crippen molar-refractivity contribution in [2.45, 2.75) is 25.8 Å².